The van der Waals surface area contributed by atoms with E-state index >= 15 is 0 Å². The number of amides is 2. The number of nitrogens with zero attached hydrogens (tertiary/aromatic N) is 3. The lowest BCUT2D eigenvalue weighted by Crippen LogP contribution is -2.47. The Morgan fingerprint density at radius 2 is 1.93 bits per heavy atom. The van der Waals surface area contributed by atoms with Crippen LogP contribution >= 0.6 is 23.2 Å². The van der Waals surface area contributed by atoms with Crippen molar-refractivity contribution in [1.82, 2.24) is 15.1 Å². The second-order valence-electron chi connectivity index (χ2n) is 5.71. The van der Waals surface area contributed by atoms with E-state index in [-0.39, 0.29) is 9.80 Å². The second-order valence-corrected chi connectivity index (χ2v) is 6.47. The average molecular weight is 449 g/mol. The first-order valence-corrected chi connectivity index (χ1v) is 8.74. The van der Waals surface area contributed by atoms with Crippen molar-refractivity contribution in [2.75, 3.05) is 51.5 Å². The Kier molecular flexibility index (Phi) is 2.58. The molecule has 0 atom stereocenters. The van der Waals surface area contributed by atoms with Crippen molar-refractivity contribution in [3.05, 3.63) is 28.2 Å². The lowest BCUT2D eigenvalue weighted by atomic mass is 9.84. The zero-order valence-electron chi connectivity index (χ0n) is 35.9. The zero-order valence-corrected chi connectivity index (χ0v) is 16.4. The van der Waals surface area contributed by atoms with E-state index in [1.165, 1.54) is 0 Å². The molecule has 1 aliphatic carbocycles. The SMILES string of the molecule is [2H]c1c([2H])c(Cl)c(Cl)c(N2C([2H])([2H])C([2H])([2H])N(CCC3([2H])C([2H])([2H])C([2H])([2H])C([2H])(NC(=O)N(C)C)C([2H])([2H])C3([2H])[2H])C([2H])([2H])C2([2H])[2H])c1[2H]. The van der Waals surface area contributed by atoms with Crippen molar-refractivity contribution in [3.8, 4) is 0 Å². The van der Waals surface area contributed by atoms with Crippen LogP contribution in [-0.4, -0.2) is 68.5 Å². The topological polar surface area (TPSA) is 38.8 Å². The fourth-order valence-corrected chi connectivity index (χ4v) is 2.30. The normalized spacial score (nSPS) is 54.1. The minimum atomic E-state index is -3.96. The molecular formula is C21H32Cl2N4O. The van der Waals surface area contributed by atoms with Crippen LogP contribution in [0.3, 0.4) is 0 Å². The number of rotatable bonds is 5. The first-order valence-electron chi connectivity index (χ1n) is 18.5. The van der Waals surface area contributed by atoms with Crippen LogP contribution in [0.1, 0.15) is 60.7 Å². The van der Waals surface area contributed by atoms with E-state index in [4.69, 9.17) is 52.0 Å². The molecule has 1 N–H and O–H groups in total. The predicted molar refractivity (Wildman–Crippen MR) is 118 cm³/mol. The number of nitrogens with one attached hydrogen (secondary N) is 1. The summed E-state index contributed by atoms with van der Waals surface area (Å²) in [7, 11) is 2.24. The van der Waals surface area contributed by atoms with Crippen LogP contribution in [0.4, 0.5) is 10.5 Å². The number of anilines is 1. The number of halogens is 2. The third-order valence-corrected chi connectivity index (χ3v) is 4.22. The molecular weight excluding hydrogens is 395 g/mol. The van der Waals surface area contributed by atoms with Crippen LogP contribution in [-0.2, 0) is 0 Å². The summed E-state index contributed by atoms with van der Waals surface area (Å²) in [6, 6.07) is -8.00. The van der Waals surface area contributed by atoms with E-state index in [1.54, 1.807) is 5.32 Å². The molecule has 7 heteroatoms. The molecule has 0 unspecified atom stereocenters. The van der Waals surface area contributed by atoms with E-state index in [0.29, 0.717) is 0 Å². The monoisotopic (exact) mass is 447 g/mol. The molecule has 1 aromatic rings. The molecule has 3 rings (SSSR count). The predicted octanol–water partition coefficient (Wildman–Crippen LogP) is 4.34. The standard InChI is InChI=1S/C21H32Cl2N4O/c1-25(2)21(28)24-17-8-6-16(7-9-17)10-11-26-12-14-27(15-13-26)19-5-3-4-18(22)20(19)23/h3-5,16-17H,6-15H2,1-2H3,(H,24,28)/i3D,4D,5D,6D2,7D2,8D2,9D2,12D2,13D2,14D2,15D2,16D,17D. The van der Waals surface area contributed by atoms with Gasteiger partial charge in [0.05, 0.1) is 26.7 Å². The van der Waals surface area contributed by atoms with Crippen molar-refractivity contribution in [3.63, 3.8) is 0 Å². The van der Waals surface area contributed by atoms with Gasteiger partial charge in [-0.2, -0.15) is 0 Å². The van der Waals surface area contributed by atoms with Crippen LogP contribution in [0.5, 0.6) is 0 Å². The summed E-state index contributed by atoms with van der Waals surface area (Å²) in [4.78, 5) is 12.8. The van der Waals surface area contributed by atoms with Crippen molar-refractivity contribution in [2.45, 2.75) is 37.9 Å². The number of hydrogen-bond acceptors (Lipinski definition) is 3. The maximum atomic E-state index is 12.5. The van der Waals surface area contributed by atoms with Crippen molar-refractivity contribution >= 4 is 34.9 Å². The van der Waals surface area contributed by atoms with Gasteiger partial charge in [-0.3, -0.25) is 4.90 Å². The fraction of sp³-hybridized carbons (Fsp3) is 0.667. The minimum absolute atomic E-state index is 0.167. The van der Waals surface area contributed by atoms with E-state index in [9.17, 15) is 4.79 Å². The Morgan fingerprint density at radius 3 is 2.57 bits per heavy atom. The number of carbonyl (C=O) groups excluding carboxylic acids is 1. The van der Waals surface area contributed by atoms with Gasteiger partial charge in [-0.25, -0.2) is 4.79 Å². The Morgan fingerprint density at radius 1 is 1.25 bits per heavy atom. The van der Waals surface area contributed by atoms with Gasteiger partial charge < -0.3 is 15.1 Å². The van der Waals surface area contributed by atoms with Crippen LogP contribution < -0.4 is 10.2 Å². The number of piperazine rings is 1. The highest BCUT2D eigenvalue weighted by molar-refractivity contribution is 6.43. The van der Waals surface area contributed by atoms with Crippen LogP contribution in [0, 0.1) is 5.89 Å². The molecule has 2 amide bonds. The Balaban J connectivity index is 2.24. The summed E-state index contributed by atoms with van der Waals surface area (Å²) in [6.45, 7) is -16.6. The molecule has 1 aliphatic heterocycles. The highest BCUT2D eigenvalue weighted by Crippen LogP contribution is 2.33. The highest BCUT2D eigenvalue weighted by atomic mass is 35.5. The number of hydrogen-bond donors (Lipinski definition) is 1. The molecule has 5 nitrogen and oxygen atoms in total. The lowest BCUT2D eigenvalue weighted by Gasteiger charge is -2.37. The average Bonchev–Trinajstić information content (AvgIpc) is 2.94. The fourth-order valence-electron chi connectivity index (χ4n) is 1.98. The molecule has 0 spiro atoms. The summed E-state index contributed by atoms with van der Waals surface area (Å²) < 4.78 is 180. The molecule has 0 aromatic heterocycles. The van der Waals surface area contributed by atoms with Gasteiger partial charge in [-0.15, -0.1) is 0 Å². The van der Waals surface area contributed by atoms with E-state index in [2.05, 4.69) is 0 Å². The van der Waals surface area contributed by atoms with Crippen LogP contribution in [0.2, 0.25) is 10.0 Å². The molecule has 156 valence electrons. The summed E-state index contributed by atoms with van der Waals surface area (Å²) >= 11 is 12.1. The molecule has 1 saturated heterocycles. The molecule has 28 heavy (non-hydrogen) atoms. The summed E-state index contributed by atoms with van der Waals surface area (Å²) in [5, 5.41) is 0.0105. The van der Waals surface area contributed by atoms with Crippen molar-refractivity contribution < 1.29 is 33.6 Å². The Labute approximate surface area is 208 Å². The number of carbonyl (C=O) groups is 1. The third kappa shape index (κ3) is 5.68. The van der Waals surface area contributed by atoms with Gasteiger partial charge in [0.1, 0.15) is 0 Å². The van der Waals surface area contributed by atoms with E-state index in [0.717, 1.165) is 19.0 Å². The van der Waals surface area contributed by atoms with Gasteiger partial charge in [-0.1, -0.05) is 29.2 Å². The second kappa shape index (κ2) is 10.0. The molecule has 1 heterocycles. The van der Waals surface area contributed by atoms with Crippen molar-refractivity contribution in [1.29, 1.82) is 0 Å². The molecule has 2 aliphatic rings. The maximum absolute atomic E-state index is 12.5. The first-order chi connectivity index (χ1) is 21.5. The van der Waals surface area contributed by atoms with Gasteiger partial charge in [0.25, 0.3) is 0 Å². The van der Waals surface area contributed by atoms with Gasteiger partial charge in [0, 0.05) is 63.9 Å². The highest BCUT2D eigenvalue weighted by Gasteiger charge is 2.24. The lowest BCUT2D eigenvalue weighted by molar-refractivity contribution is 0.194. The molecule has 1 saturated carbocycles. The largest absolute Gasteiger partial charge is 0.368 e. The van der Waals surface area contributed by atoms with Gasteiger partial charge >= 0.3 is 6.03 Å². The smallest absolute Gasteiger partial charge is 0.317 e. The van der Waals surface area contributed by atoms with Crippen LogP contribution in [0.15, 0.2) is 18.1 Å². The van der Waals surface area contributed by atoms with Crippen molar-refractivity contribution in [2.24, 2.45) is 5.89 Å². The number of urea groups is 1. The first kappa shape index (κ1) is 7.21. The van der Waals surface area contributed by atoms with Gasteiger partial charge in [-0.05, 0) is 56.4 Å². The minimum Gasteiger partial charge on any atom is -0.368 e. The van der Waals surface area contributed by atoms with E-state index in [1.807, 2.05) is 0 Å². The van der Waals surface area contributed by atoms with Gasteiger partial charge in [0.2, 0.25) is 0 Å². The third-order valence-electron chi connectivity index (χ3n) is 3.47. The zero-order chi connectivity index (χ0) is 38.9. The molecule has 0 radical (unpaired) electrons. The van der Waals surface area contributed by atoms with Gasteiger partial charge in [0.15, 0.2) is 0 Å². The molecule has 0 bridgehead atoms. The molecule has 1 aromatic carbocycles. The Bertz CT molecular complexity index is 1450. The quantitative estimate of drug-likeness (QED) is 0.729. The summed E-state index contributed by atoms with van der Waals surface area (Å²) in [6.07, 6.45) is -17.3. The Hall–Kier alpha value is -1.17. The number of benzene rings is 1. The van der Waals surface area contributed by atoms with E-state index < -0.39 is 116 Å². The summed E-state index contributed by atoms with van der Waals surface area (Å²) in [5.41, 5.74) is -1.10. The molecule has 2 fully saturated rings. The summed E-state index contributed by atoms with van der Waals surface area (Å²) in [5.74, 6) is -3.71. The van der Waals surface area contributed by atoms with Crippen LogP contribution in [0.25, 0.3) is 0 Å². The maximum Gasteiger partial charge on any atom is 0.317 e.